The number of thiophene rings is 1. The SMILES string of the molecule is Cc1ccc(C(=O)N2CCC3(CC2)CC(Cc2ccc(F)cc2)CCO3)s1. The second-order valence-corrected chi connectivity index (χ2v) is 9.21. The monoisotopic (exact) mass is 387 g/mol. The molecule has 1 aromatic heterocycles. The van der Waals surface area contributed by atoms with Gasteiger partial charge in [-0.3, -0.25) is 4.79 Å². The van der Waals surface area contributed by atoms with Crippen LogP contribution in [0.4, 0.5) is 4.39 Å². The average molecular weight is 388 g/mol. The molecule has 2 aliphatic rings. The van der Waals surface area contributed by atoms with Gasteiger partial charge in [-0.1, -0.05) is 12.1 Å². The summed E-state index contributed by atoms with van der Waals surface area (Å²) in [5.74, 6) is 0.535. The number of likely N-dealkylation sites (tertiary alicyclic amines) is 1. The minimum Gasteiger partial charge on any atom is -0.375 e. The molecule has 27 heavy (non-hydrogen) atoms. The summed E-state index contributed by atoms with van der Waals surface area (Å²) in [4.78, 5) is 16.7. The van der Waals surface area contributed by atoms with Crippen LogP contribution in [0.1, 0.15) is 45.8 Å². The Morgan fingerprint density at radius 1 is 1.22 bits per heavy atom. The predicted molar refractivity (Wildman–Crippen MR) is 106 cm³/mol. The third-order valence-corrected chi connectivity index (χ3v) is 6.93. The molecule has 3 nitrogen and oxygen atoms in total. The van der Waals surface area contributed by atoms with Crippen LogP contribution in [-0.4, -0.2) is 36.1 Å². The van der Waals surface area contributed by atoms with Gasteiger partial charge in [0.1, 0.15) is 5.82 Å². The third-order valence-electron chi connectivity index (χ3n) is 5.95. The number of nitrogens with zero attached hydrogens (tertiary/aromatic N) is 1. The second kappa shape index (κ2) is 7.72. The smallest absolute Gasteiger partial charge is 0.263 e. The van der Waals surface area contributed by atoms with Gasteiger partial charge in [0.15, 0.2) is 0 Å². The highest BCUT2D eigenvalue weighted by molar-refractivity contribution is 7.13. The molecule has 2 saturated heterocycles. The Labute approximate surface area is 164 Å². The van der Waals surface area contributed by atoms with Gasteiger partial charge >= 0.3 is 0 Å². The Hall–Kier alpha value is -1.72. The Bertz CT molecular complexity index is 793. The maximum atomic E-state index is 13.1. The topological polar surface area (TPSA) is 29.5 Å². The molecule has 144 valence electrons. The number of benzene rings is 1. The number of hydrogen-bond acceptors (Lipinski definition) is 3. The molecule has 1 aromatic carbocycles. The van der Waals surface area contributed by atoms with Gasteiger partial charge < -0.3 is 9.64 Å². The molecule has 2 fully saturated rings. The zero-order valence-corrected chi connectivity index (χ0v) is 16.6. The molecule has 3 heterocycles. The van der Waals surface area contributed by atoms with Crippen LogP contribution >= 0.6 is 11.3 Å². The lowest BCUT2D eigenvalue weighted by Gasteiger charge is -2.46. The molecule has 5 heteroatoms. The summed E-state index contributed by atoms with van der Waals surface area (Å²) in [5.41, 5.74) is 1.10. The third kappa shape index (κ3) is 4.25. The predicted octanol–water partition coefficient (Wildman–Crippen LogP) is 4.84. The van der Waals surface area contributed by atoms with Crippen molar-refractivity contribution in [1.82, 2.24) is 4.90 Å². The molecular formula is C22H26FNO2S. The van der Waals surface area contributed by atoms with E-state index in [-0.39, 0.29) is 17.3 Å². The van der Waals surface area contributed by atoms with Gasteiger partial charge in [-0.2, -0.15) is 0 Å². The molecule has 4 rings (SSSR count). The van der Waals surface area contributed by atoms with Gasteiger partial charge in [0.05, 0.1) is 10.5 Å². The van der Waals surface area contributed by atoms with E-state index in [1.54, 1.807) is 23.5 Å². The fourth-order valence-electron chi connectivity index (χ4n) is 4.43. The zero-order chi connectivity index (χ0) is 18.9. The quantitative estimate of drug-likeness (QED) is 0.754. The largest absolute Gasteiger partial charge is 0.375 e. The van der Waals surface area contributed by atoms with E-state index < -0.39 is 0 Å². The van der Waals surface area contributed by atoms with E-state index in [0.717, 1.165) is 56.7 Å². The first kappa shape index (κ1) is 18.6. The van der Waals surface area contributed by atoms with Crippen molar-refractivity contribution in [1.29, 1.82) is 0 Å². The standard InChI is InChI=1S/C22H26FNO2S/c1-16-2-7-20(27-16)21(25)24-11-9-22(10-12-24)15-18(8-13-26-22)14-17-3-5-19(23)6-4-17/h2-7,18H,8-15H2,1H3. The van der Waals surface area contributed by atoms with Crippen molar-refractivity contribution >= 4 is 17.2 Å². The van der Waals surface area contributed by atoms with Crippen LogP contribution < -0.4 is 0 Å². The molecule has 1 amide bonds. The van der Waals surface area contributed by atoms with E-state index in [4.69, 9.17) is 4.74 Å². The maximum absolute atomic E-state index is 13.1. The molecule has 2 aliphatic heterocycles. The van der Waals surface area contributed by atoms with E-state index in [0.29, 0.717) is 5.92 Å². The number of halogens is 1. The van der Waals surface area contributed by atoms with Crippen molar-refractivity contribution in [3.05, 3.63) is 57.5 Å². The number of piperidine rings is 1. The number of rotatable bonds is 3. The van der Waals surface area contributed by atoms with Crippen molar-refractivity contribution in [2.75, 3.05) is 19.7 Å². The van der Waals surface area contributed by atoms with Crippen molar-refractivity contribution in [3.63, 3.8) is 0 Å². The van der Waals surface area contributed by atoms with E-state index in [1.165, 1.54) is 10.4 Å². The molecule has 0 radical (unpaired) electrons. The van der Waals surface area contributed by atoms with Gasteiger partial charge in [0, 0.05) is 24.6 Å². The van der Waals surface area contributed by atoms with Crippen LogP contribution in [0.2, 0.25) is 0 Å². The van der Waals surface area contributed by atoms with Crippen molar-refractivity contribution in [2.24, 2.45) is 5.92 Å². The summed E-state index contributed by atoms with van der Waals surface area (Å²) in [6, 6.07) is 10.8. The molecule has 1 unspecified atom stereocenters. The average Bonchev–Trinajstić information content (AvgIpc) is 3.10. The highest BCUT2D eigenvalue weighted by Crippen LogP contribution is 2.39. The highest BCUT2D eigenvalue weighted by atomic mass is 32.1. The van der Waals surface area contributed by atoms with E-state index in [2.05, 4.69) is 0 Å². The van der Waals surface area contributed by atoms with Gasteiger partial charge in [0.25, 0.3) is 5.91 Å². The first-order chi connectivity index (χ1) is 13.0. The van der Waals surface area contributed by atoms with E-state index >= 15 is 0 Å². The lowest BCUT2D eigenvalue weighted by atomic mass is 9.77. The van der Waals surface area contributed by atoms with Crippen molar-refractivity contribution < 1.29 is 13.9 Å². The summed E-state index contributed by atoms with van der Waals surface area (Å²) in [6.07, 6.45) is 4.87. The molecule has 1 spiro atoms. The zero-order valence-electron chi connectivity index (χ0n) is 15.7. The Balaban J connectivity index is 1.35. The molecule has 0 bridgehead atoms. The number of hydrogen-bond donors (Lipinski definition) is 0. The van der Waals surface area contributed by atoms with Crippen molar-refractivity contribution in [3.8, 4) is 0 Å². The number of carbonyl (C=O) groups is 1. The Kier molecular flexibility index (Phi) is 5.33. The molecule has 1 atom stereocenters. The fraction of sp³-hybridized carbons (Fsp3) is 0.500. The highest BCUT2D eigenvalue weighted by Gasteiger charge is 2.41. The van der Waals surface area contributed by atoms with Crippen LogP contribution in [0, 0.1) is 18.7 Å². The first-order valence-corrected chi connectivity index (χ1v) is 10.6. The summed E-state index contributed by atoms with van der Waals surface area (Å²) >= 11 is 1.57. The lowest BCUT2D eigenvalue weighted by Crippen LogP contribution is -2.50. The lowest BCUT2D eigenvalue weighted by molar-refractivity contribution is -0.123. The Morgan fingerprint density at radius 3 is 2.63 bits per heavy atom. The summed E-state index contributed by atoms with van der Waals surface area (Å²) in [7, 11) is 0. The minimum absolute atomic E-state index is 0.0922. The molecule has 0 N–H and O–H groups in total. The maximum Gasteiger partial charge on any atom is 0.263 e. The molecular weight excluding hydrogens is 361 g/mol. The molecule has 2 aromatic rings. The summed E-state index contributed by atoms with van der Waals surface area (Å²) in [5, 5.41) is 0. The number of carbonyl (C=O) groups excluding carboxylic acids is 1. The van der Waals surface area contributed by atoms with Gasteiger partial charge in [-0.15, -0.1) is 11.3 Å². The first-order valence-electron chi connectivity index (χ1n) is 9.77. The van der Waals surface area contributed by atoms with Gasteiger partial charge in [0.2, 0.25) is 0 Å². The van der Waals surface area contributed by atoms with Gasteiger partial charge in [-0.25, -0.2) is 4.39 Å². The van der Waals surface area contributed by atoms with Crippen molar-refractivity contribution in [2.45, 2.75) is 44.6 Å². The number of amides is 1. The Morgan fingerprint density at radius 2 is 1.96 bits per heavy atom. The number of ether oxygens (including phenoxy) is 1. The molecule has 0 aliphatic carbocycles. The number of aryl methyl sites for hydroxylation is 1. The summed E-state index contributed by atoms with van der Waals surface area (Å²) < 4.78 is 19.4. The van der Waals surface area contributed by atoms with Crippen LogP contribution in [0.25, 0.3) is 0 Å². The second-order valence-electron chi connectivity index (χ2n) is 7.92. The minimum atomic E-state index is -0.180. The van der Waals surface area contributed by atoms with E-state index in [9.17, 15) is 9.18 Å². The van der Waals surface area contributed by atoms with Crippen LogP contribution in [0.15, 0.2) is 36.4 Å². The van der Waals surface area contributed by atoms with Crippen LogP contribution in [-0.2, 0) is 11.2 Å². The molecule has 0 saturated carbocycles. The summed E-state index contributed by atoms with van der Waals surface area (Å²) in [6.45, 7) is 4.34. The normalized spacial score (nSPS) is 22.1. The fourth-order valence-corrected chi connectivity index (χ4v) is 5.26. The van der Waals surface area contributed by atoms with Gasteiger partial charge in [-0.05, 0) is 74.8 Å². The van der Waals surface area contributed by atoms with E-state index in [1.807, 2.05) is 36.1 Å². The van der Waals surface area contributed by atoms with Crippen LogP contribution in [0.3, 0.4) is 0 Å². The van der Waals surface area contributed by atoms with Crippen LogP contribution in [0.5, 0.6) is 0 Å².